The van der Waals surface area contributed by atoms with Crippen LogP contribution >= 0.6 is 11.6 Å². The molecule has 0 aromatic heterocycles. The molecule has 0 radical (unpaired) electrons. The summed E-state index contributed by atoms with van der Waals surface area (Å²) in [5.74, 6) is 0.156. The van der Waals surface area contributed by atoms with Crippen molar-refractivity contribution in [3.05, 3.63) is 63.7 Å². The Morgan fingerprint density at radius 2 is 2.07 bits per heavy atom. The highest BCUT2D eigenvalue weighted by molar-refractivity contribution is 6.33. The molecule has 0 fully saturated rings. The first-order chi connectivity index (χ1) is 13.2. The van der Waals surface area contributed by atoms with Crippen molar-refractivity contribution in [2.24, 2.45) is 5.10 Å². The van der Waals surface area contributed by atoms with Gasteiger partial charge in [0, 0.05) is 17.8 Å². The highest BCUT2D eigenvalue weighted by atomic mass is 35.5. The molecular formula is C23H28ClN3O. The van der Waals surface area contributed by atoms with Gasteiger partial charge in [0.1, 0.15) is 0 Å². The summed E-state index contributed by atoms with van der Waals surface area (Å²) in [4.78, 5) is 14.7. The molecule has 0 bridgehead atoms. The van der Waals surface area contributed by atoms with Crippen molar-refractivity contribution < 1.29 is 4.79 Å². The fourth-order valence-corrected chi connectivity index (χ4v) is 4.48. The Hall–Kier alpha value is -2.33. The quantitative estimate of drug-likeness (QED) is 0.545. The highest BCUT2D eigenvalue weighted by Crippen LogP contribution is 2.43. The number of rotatable bonds is 4. The fraction of sp³-hybridized carbons (Fsp3) is 0.391. The molecule has 1 N–H and O–H groups in total. The van der Waals surface area contributed by atoms with Gasteiger partial charge in [0.05, 0.1) is 16.8 Å². The van der Waals surface area contributed by atoms with Crippen LogP contribution in [0.4, 0.5) is 5.69 Å². The van der Waals surface area contributed by atoms with E-state index in [-0.39, 0.29) is 11.4 Å². The Kier molecular flexibility index (Phi) is 5.80. The second-order valence-electron chi connectivity index (χ2n) is 8.11. The van der Waals surface area contributed by atoms with Crippen molar-refractivity contribution in [1.29, 1.82) is 0 Å². The zero-order valence-corrected chi connectivity index (χ0v) is 18.0. The summed E-state index contributed by atoms with van der Waals surface area (Å²) in [6, 6.07) is 11.4. The van der Waals surface area contributed by atoms with Crippen LogP contribution in [-0.4, -0.2) is 24.2 Å². The van der Waals surface area contributed by atoms with E-state index in [0.29, 0.717) is 16.5 Å². The molecular weight excluding hydrogens is 370 g/mol. The molecule has 1 amide bonds. The zero-order chi connectivity index (χ0) is 20.5. The van der Waals surface area contributed by atoms with Gasteiger partial charge >= 0.3 is 0 Å². The van der Waals surface area contributed by atoms with E-state index in [4.69, 9.17) is 11.6 Å². The van der Waals surface area contributed by atoms with Gasteiger partial charge in [-0.25, -0.2) is 5.43 Å². The van der Waals surface area contributed by atoms with Crippen LogP contribution in [0.2, 0.25) is 5.02 Å². The van der Waals surface area contributed by atoms with Crippen LogP contribution in [0.3, 0.4) is 0 Å². The lowest BCUT2D eigenvalue weighted by Gasteiger charge is -2.47. The first-order valence-electron chi connectivity index (χ1n) is 9.74. The first-order valence-corrected chi connectivity index (χ1v) is 10.1. The number of hydrogen-bond acceptors (Lipinski definition) is 3. The number of carbonyl (C=O) groups excluding carboxylic acids is 1. The van der Waals surface area contributed by atoms with Crippen LogP contribution in [0.5, 0.6) is 0 Å². The Morgan fingerprint density at radius 3 is 2.75 bits per heavy atom. The molecule has 4 nitrogen and oxygen atoms in total. The number of halogens is 1. The van der Waals surface area contributed by atoms with Crippen LogP contribution in [0.15, 0.2) is 41.5 Å². The minimum Gasteiger partial charge on any atom is -0.366 e. The summed E-state index contributed by atoms with van der Waals surface area (Å²) >= 11 is 6.07. The molecule has 1 aliphatic rings. The van der Waals surface area contributed by atoms with Gasteiger partial charge in [-0.3, -0.25) is 4.79 Å². The zero-order valence-electron chi connectivity index (χ0n) is 17.2. The van der Waals surface area contributed by atoms with Gasteiger partial charge in [0.2, 0.25) is 0 Å². The highest BCUT2D eigenvalue weighted by Gasteiger charge is 2.35. The maximum Gasteiger partial charge on any atom is 0.272 e. The van der Waals surface area contributed by atoms with E-state index in [1.807, 2.05) is 0 Å². The van der Waals surface area contributed by atoms with Crippen molar-refractivity contribution in [2.45, 2.75) is 52.5 Å². The summed E-state index contributed by atoms with van der Waals surface area (Å²) < 4.78 is 0. The van der Waals surface area contributed by atoms with Crippen molar-refractivity contribution in [3.8, 4) is 0 Å². The Balaban J connectivity index is 1.84. The summed E-state index contributed by atoms with van der Waals surface area (Å²) in [5, 5.41) is 4.58. The average molecular weight is 398 g/mol. The van der Waals surface area contributed by atoms with Crippen molar-refractivity contribution >= 4 is 29.4 Å². The third-order valence-electron chi connectivity index (χ3n) is 5.58. The number of nitrogens with one attached hydrogen (secondary N) is 1. The maximum atomic E-state index is 12.3. The van der Waals surface area contributed by atoms with E-state index in [9.17, 15) is 4.79 Å². The van der Waals surface area contributed by atoms with Gasteiger partial charge in [-0.15, -0.1) is 0 Å². The summed E-state index contributed by atoms with van der Waals surface area (Å²) in [5.41, 5.74) is 7.93. The molecule has 1 atom stereocenters. The SMILES string of the molecule is CCN1c2cc(C)c(/C=N\NC(=O)c3ccccc3Cl)cc2C(C)CC1(C)C. The van der Waals surface area contributed by atoms with Crippen LogP contribution in [0.1, 0.15) is 67.1 Å². The number of hydrogen-bond donors (Lipinski definition) is 1. The van der Waals surface area contributed by atoms with Gasteiger partial charge < -0.3 is 4.90 Å². The molecule has 1 heterocycles. The van der Waals surface area contributed by atoms with Crippen LogP contribution in [-0.2, 0) is 0 Å². The Bertz CT molecular complexity index is 920. The number of hydrazone groups is 1. The number of benzene rings is 2. The van der Waals surface area contributed by atoms with Gasteiger partial charge in [-0.2, -0.15) is 5.10 Å². The number of aryl methyl sites for hydroxylation is 1. The molecule has 1 unspecified atom stereocenters. The van der Waals surface area contributed by atoms with Crippen molar-refractivity contribution in [3.63, 3.8) is 0 Å². The van der Waals surface area contributed by atoms with E-state index in [1.165, 1.54) is 11.3 Å². The second-order valence-corrected chi connectivity index (χ2v) is 8.52. The number of fused-ring (bicyclic) bond motifs is 1. The topological polar surface area (TPSA) is 44.7 Å². The van der Waals surface area contributed by atoms with Gasteiger partial charge in [0.15, 0.2) is 0 Å². The molecule has 28 heavy (non-hydrogen) atoms. The largest absolute Gasteiger partial charge is 0.366 e. The molecule has 0 spiro atoms. The molecule has 0 aliphatic carbocycles. The van der Waals surface area contributed by atoms with Crippen LogP contribution in [0.25, 0.3) is 0 Å². The summed E-state index contributed by atoms with van der Waals surface area (Å²) in [6.07, 6.45) is 2.82. The third kappa shape index (κ3) is 3.93. The molecule has 1 aliphatic heterocycles. The molecule has 2 aromatic carbocycles. The Labute approximate surface area is 172 Å². The molecule has 0 saturated carbocycles. The third-order valence-corrected chi connectivity index (χ3v) is 5.91. The number of carbonyl (C=O) groups is 1. The minimum absolute atomic E-state index is 0.145. The lowest BCUT2D eigenvalue weighted by Crippen LogP contribution is -2.48. The van der Waals surface area contributed by atoms with E-state index < -0.39 is 0 Å². The summed E-state index contributed by atoms with van der Waals surface area (Å²) in [7, 11) is 0. The van der Waals surface area contributed by atoms with Crippen LogP contribution in [0, 0.1) is 6.92 Å². The van der Waals surface area contributed by atoms with E-state index in [2.05, 4.69) is 62.2 Å². The predicted molar refractivity (Wildman–Crippen MR) is 118 cm³/mol. The number of amides is 1. The minimum atomic E-state index is -0.315. The maximum absolute atomic E-state index is 12.3. The average Bonchev–Trinajstić information content (AvgIpc) is 2.62. The summed E-state index contributed by atoms with van der Waals surface area (Å²) in [6.45, 7) is 12.2. The van der Waals surface area contributed by atoms with Crippen molar-refractivity contribution in [1.82, 2.24) is 5.43 Å². The molecule has 5 heteroatoms. The van der Waals surface area contributed by atoms with Crippen molar-refractivity contribution in [2.75, 3.05) is 11.4 Å². The lowest BCUT2D eigenvalue weighted by molar-refractivity contribution is 0.0955. The number of anilines is 1. The molecule has 2 aromatic rings. The standard InChI is InChI=1S/C23H28ClN3O/c1-6-27-21-11-15(2)17(12-19(21)16(3)13-23(27,4)5)14-25-26-22(28)18-9-7-8-10-20(18)24/h7-12,14,16H,6,13H2,1-5H3,(H,26,28)/b25-14-. The predicted octanol–water partition coefficient (Wildman–Crippen LogP) is 5.52. The normalized spacial score (nSPS) is 18.2. The van der Waals surface area contributed by atoms with Gasteiger partial charge in [0.25, 0.3) is 5.91 Å². The van der Waals surface area contributed by atoms with E-state index in [1.54, 1.807) is 30.5 Å². The fourth-order valence-electron chi connectivity index (χ4n) is 4.25. The van der Waals surface area contributed by atoms with Gasteiger partial charge in [-0.1, -0.05) is 30.7 Å². The molecule has 0 saturated heterocycles. The van der Waals surface area contributed by atoms with Crippen LogP contribution < -0.4 is 10.3 Å². The first kappa shape index (κ1) is 20.4. The second kappa shape index (κ2) is 7.96. The Morgan fingerprint density at radius 1 is 1.36 bits per heavy atom. The smallest absolute Gasteiger partial charge is 0.272 e. The van der Waals surface area contributed by atoms with Gasteiger partial charge in [-0.05, 0) is 81.0 Å². The monoisotopic (exact) mass is 397 g/mol. The van der Waals surface area contributed by atoms with E-state index >= 15 is 0 Å². The lowest BCUT2D eigenvalue weighted by atomic mass is 9.79. The van der Waals surface area contributed by atoms with E-state index in [0.717, 1.165) is 24.1 Å². The number of nitrogens with zero attached hydrogens (tertiary/aromatic N) is 2. The molecule has 3 rings (SSSR count). The molecule has 148 valence electrons.